The molecule has 6 nitrogen and oxygen atoms in total. The minimum absolute atomic E-state index is 0.443. The van der Waals surface area contributed by atoms with Gasteiger partial charge in [0, 0.05) is 6.54 Å². The second-order valence-electron chi connectivity index (χ2n) is 5.33. The maximum atomic E-state index is 10.3. The largest absolute Gasteiger partial charge is 0.468 e. The van der Waals surface area contributed by atoms with E-state index in [2.05, 4.69) is 16.9 Å². The van der Waals surface area contributed by atoms with Crippen LogP contribution in [0.3, 0.4) is 0 Å². The van der Waals surface area contributed by atoms with Gasteiger partial charge in [0.2, 0.25) is 0 Å². The summed E-state index contributed by atoms with van der Waals surface area (Å²) in [6.45, 7) is 8.41. The van der Waals surface area contributed by atoms with Crippen molar-refractivity contribution in [3.8, 4) is 0 Å². The van der Waals surface area contributed by atoms with Gasteiger partial charge in [-0.2, -0.15) is 5.10 Å². The Labute approximate surface area is 125 Å². The summed E-state index contributed by atoms with van der Waals surface area (Å²) < 4.78 is 7.12. The minimum atomic E-state index is -0.502. The SMILES string of the molecule is CCN(Cc1ccco1)CC(O)Cn1nc(C)c(N)c1C. The zero-order valence-corrected chi connectivity index (χ0v) is 12.9. The average Bonchev–Trinajstić information content (AvgIpc) is 3.03. The molecule has 0 saturated heterocycles. The number of nitrogens with zero attached hydrogens (tertiary/aromatic N) is 3. The Balaban J connectivity index is 1.93. The number of anilines is 1. The number of aliphatic hydroxyl groups is 1. The Kier molecular flexibility index (Phi) is 5.03. The van der Waals surface area contributed by atoms with Crippen molar-refractivity contribution < 1.29 is 9.52 Å². The summed E-state index contributed by atoms with van der Waals surface area (Å²) >= 11 is 0. The number of hydrogen-bond acceptors (Lipinski definition) is 5. The number of furan rings is 1. The van der Waals surface area contributed by atoms with Gasteiger partial charge in [0.1, 0.15) is 5.76 Å². The van der Waals surface area contributed by atoms with Gasteiger partial charge in [-0.15, -0.1) is 0 Å². The fourth-order valence-electron chi connectivity index (χ4n) is 2.37. The first-order valence-corrected chi connectivity index (χ1v) is 7.23. The van der Waals surface area contributed by atoms with E-state index in [0.29, 0.717) is 25.3 Å². The van der Waals surface area contributed by atoms with Crippen molar-refractivity contribution in [2.45, 2.75) is 40.0 Å². The molecule has 2 aromatic rings. The van der Waals surface area contributed by atoms with Crippen LogP contribution in [0, 0.1) is 13.8 Å². The van der Waals surface area contributed by atoms with E-state index in [4.69, 9.17) is 10.2 Å². The number of aromatic nitrogens is 2. The smallest absolute Gasteiger partial charge is 0.117 e. The van der Waals surface area contributed by atoms with Crippen molar-refractivity contribution in [3.05, 3.63) is 35.5 Å². The molecule has 6 heteroatoms. The predicted molar refractivity (Wildman–Crippen MR) is 81.8 cm³/mol. The quantitative estimate of drug-likeness (QED) is 0.809. The van der Waals surface area contributed by atoms with Crippen LogP contribution in [-0.4, -0.2) is 39.0 Å². The number of likely N-dealkylation sites (N-methyl/N-ethyl adjacent to an activating group) is 1. The van der Waals surface area contributed by atoms with Gasteiger partial charge in [0.05, 0.1) is 42.5 Å². The van der Waals surface area contributed by atoms with Crippen molar-refractivity contribution in [3.63, 3.8) is 0 Å². The van der Waals surface area contributed by atoms with Crippen LogP contribution in [-0.2, 0) is 13.1 Å². The van der Waals surface area contributed by atoms with Crippen molar-refractivity contribution in [1.29, 1.82) is 0 Å². The van der Waals surface area contributed by atoms with Gasteiger partial charge in [0.15, 0.2) is 0 Å². The Morgan fingerprint density at radius 3 is 2.76 bits per heavy atom. The maximum absolute atomic E-state index is 10.3. The third kappa shape index (κ3) is 3.86. The number of aliphatic hydroxyl groups excluding tert-OH is 1. The van der Waals surface area contributed by atoms with Gasteiger partial charge in [-0.3, -0.25) is 9.58 Å². The molecule has 2 aromatic heterocycles. The minimum Gasteiger partial charge on any atom is -0.468 e. The van der Waals surface area contributed by atoms with Gasteiger partial charge in [0.25, 0.3) is 0 Å². The van der Waals surface area contributed by atoms with Crippen LogP contribution in [0.5, 0.6) is 0 Å². The van der Waals surface area contributed by atoms with Crippen molar-refractivity contribution in [1.82, 2.24) is 14.7 Å². The molecule has 0 aliphatic heterocycles. The molecule has 0 radical (unpaired) electrons. The van der Waals surface area contributed by atoms with E-state index in [1.54, 1.807) is 10.9 Å². The number of nitrogen functional groups attached to an aromatic ring is 1. The van der Waals surface area contributed by atoms with E-state index in [-0.39, 0.29) is 0 Å². The molecule has 2 heterocycles. The van der Waals surface area contributed by atoms with E-state index in [1.807, 2.05) is 26.0 Å². The summed E-state index contributed by atoms with van der Waals surface area (Å²) in [6.07, 6.45) is 1.16. The molecule has 0 aliphatic rings. The second-order valence-corrected chi connectivity index (χ2v) is 5.33. The van der Waals surface area contributed by atoms with Crippen molar-refractivity contribution in [2.24, 2.45) is 0 Å². The fourth-order valence-corrected chi connectivity index (χ4v) is 2.37. The molecule has 116 valence electrons. The Morgan fingerprint density at radius 2 is 2.24 bits per heavy atom. The molecule has 1 atom stereocenters. The summed E-state index contributed by atoms with van der Waals surface area (Å²) in [6, 6.07) is 3.81. The van der Waals surface area contributed by atoms with Crippen LogP contribution >= 0.6 is 0 Å². The van der Waals surface area contributed by atoms with Crippen LogP contribution < -0.4 is 5.73 Å². The Bertz CT molecular complexity index is 562. The van der Waals surface area contributed by atoms with E-state index in [1.165, 1.54) is 0 Å². The van der Waals surface area contributed by atoms with Crippen molar-refractivity contribution >= 4 is 5.69 Å². The Hall–Kier alpha value is -1.79. The summed E-state index contributed by atoms with van der Waals surface area (Å²) in [5.41, 5.74) is 8.32. The molecule has 0 fully saturated rings. The molecule has 2 rings (SSSR count). The first-order chi connectivity index (χ1) is 10.0. The highest BCUT2D eigenvalue weighted by Gasteiger charge is 2.15. The number of rotatable bonds is 7. The van der Waals surface area contributed by atoms with E-state index < -0.39 is 6.10 Å². The first-order valence-electron chi connectivity index (χ1n) is 7.23. The standard InChI is InChI=1S/C15H24N4O2/c1-4-18(10-14-6-5-7-21-14)8-13(20)9-19-12(3)15(16)11(2)17-19/h5-7,13,20H,4,8-10,16H2,1-3H3. The molecule has 0 amide bonds. The number of nitrogens with two attached hydrogens (primary N) is 1. The van der Waals surface area contributed by atoms with Crippen LogP contribution in [0.2, 0.25) is 0 Å². The van der Waals surface area contributed by atoms with E-state index >= 15 is 0 Å². The zero-order chi connectivity index (χ0) is 15.4. The van der Waals surface area contributed by atoms with Gasteiger partial charge in [-0.1, -0.05) is 6.92 Å². The van der Waals surface area contributed by atoms with Gasteiger partial charge >= 0.3 is 0 Å². The van der Waals surface area contributed by atoms with Crippen molar-refractivity contribution in [2.75, 3.05) is 18.8 Å². The normalized spacial score (nSPS) is 13.0. The fraction of sp³-hybridized carbons (Fsp3) is 0.533. The lowest BCUT2D eigenvalue weighted by Gasteiger charge is -2.22. The van der Waals surface area contributed by atoms with Gasteiger partial charge in [-0.25, -0.2) is 0 Å². The summed E-state index contributed by atoms with van der Waals surface area (Å²) in [5, 5.41) is 14.6. The lowest BCUT2D eigenvalue weighted by molar-refractivity contribution is 0.0903. The van der Waals surface area contributed by atoms with Gasteiger partial charge < -0.3 is 15.3 Å². The molecule has 0 aromatic carbocycles. The topological polar surface area (TPSA) is 80.5 Å². The summed E-state index contributed by atoms with van der Waals surface area (Å²) in [4.78, 5) is 2.14. The van der Waals surface area contributed by atoms with Gasteiger partial charge in [-0.05, 0) is 32.5 Å². The number of aryl methyl sites for hydroxylation is 1. The molecular formula is C15H24N4O2. The average molecular weight is 292 g/mol. The van der Waals surface area contributed by atoms with Crippen LogP contribution in [0.25, 0.3) is 0 Å². The highest BCUT2D eigenvalue weighted by atomic mass is 16.3. The highest BCUT2D eigenvalue weighted by molar-refractivity contribution is 5.46. The zero-order valence-electron chi connectivity index (χ0n) is 12.9. The van der Waals surface area contributed by atoms with Crippen LogP contribution in [0.15, 0.2) is 22.8 Å². The summed E-state index contributed by atoms with van der Waals surface area (Å²) in [5.74, 6) is 0.902. The monoisotopic (exact) mass is 292 g/mol. The lowest BCUT2D eigenvalue weighted by Crippen LogP contribution is -2.34. The predicted octanol–water partition coefficient (Wildman–Crippen LogP) is 1.56. The molecule has 1 unspecified atom stereocenters. The second kappa shape index (κ2) is 6.78. The molecule has 21 heavy (non-hydrogen) atoms. The van der Waals surface area contributed by atoms with Crippen LogP contribution in [0.4, 0.5) is 5.69 Å². The maximum Gasteiger partial charge on any atom is 0.117 e. The third-order valence-electron chi connectivity index (χ3n) is 3.70. The van der Waals surface area contributed by atoms with E-state index in [9.17, 15) is 5.11 Å². The molecule has 0 aliphatic carbocycles. The lowest BCUT2D eigenvalue weighted by atomic mass is 10.3. The molecular weight excluding hydrogens is 268 g/mol. The molecule has 0 spiro atoms. The molecule has 3 N–H and O–H groups in total. The number of hydrogen-bond donors (Lipinski definition) is 2. The molecule has 0 saturated carbocycles. The third-order valence-corrected chi connectivity index (χ3v) is 3.70. The van der Waals surface area contributed by atoms with Crippen LogP contribution in [0.1, 0.15) is 24.1 Å². The summed E-state index contributed by atoms with van der Waals surface area (Å²) in [7, 11) is 0. The Morgan fingerprint density at radius 1 is 1.48 bits per heavy atom. The highest BCUT2D eigenvalue weighted by Crippen LogP contribution is 2.15. The first kappa shape index (κ1) is 15.6. The van der Waals surface area contributed by atoms with E-state index in [0.717, 1.165) is 23.7 Å². The molecule has 0 bridgehead atoms.